The first-order valence-corrected chi connectivity index (χ1v) is 9.56. The number of amides is 1. The molecule has 1 aromatic rings. The topological polar surface area (TPSA) is 54.5 Å². The van der Waals surface area contributed by atoms with Gasteiger partial charge in [0.15, 0.2) is 9.84 Å². The Morgan fingerprint density at radius 1 is 1.27 bits per heavy atom. The van der Waals surface area contributed by atoms with Gasteiger partial charge in [-0.25, -0.2) is 8.42 Å². The molecular formula is C17H25NO3S. The predicted molar refractivity (Wildman–Crippen MR) is 90.0 cm³/mol. The summed E-state index contributed by atoms with van der Waals surface area (Å²) in [6.07, 6.45) is 2.65. The van der Waals surface area contributed by atoms with E-state index in [9.17, 15) is 13.2 Å². The minimum Gasteiger partial charge on any atom is -0.311 e. The zero-order valence-electron chi connectivity index (χ0n) is 13.8. The van der Waals surface area contributed by atoms with E-state index in [2.05, 4.69) is 6.92 Å². The quantitative estimate of drug-likeness (QED) is 0.856. The van der Waals surface area contributed by atoms with Crippen LogP contribution in [0.3, 0.4) is 0 Å². The Kier molecular flexibility index (Phi) is 4.95. The molecule has 122 valence electrons. The molecule has 22 heavy (non-hydrogen) atoms. The highest BCUT2D eigenvalue weighted by molar-refractivity contribution is 7.93. The second kappa shape index (κ2) is 6.41. The number of anilines is 1. The number of benzene rings is 1. The van der Waals surface area contributed by atoms with Crippen molar-refractivity contribution in [3.8, 4) is 0 Å². The van der Waals surface area contributed by atoms with Gasteiger partial charge in [-0.05, 0) is 51.2 Å². The standard InChI is InChI=1S/C17H25NO3S/c1-5-14-8-6-9-15-10-7-11-18(16(14)15)17(19)13(4)22(20,21)12(2)3/h6,8-9,12-13H,5,7,10-11H2,1-4H3/t13-/m1/s1. The van der Waals surface area contributed by atoms with Gasteiger partial charge in [0.05, 0.1) is 10.9 Å². The number of fused-ring (bicyclic) bond motifs is 1. The van der Waals surface area contributed by atoms with Crippen LogP contribution in [0.1, 0.15) is 45.2 Å². The van der Waals surface area contributed by atoms with Crippen molar-refractivity contribution in [3.05, 3.63) is 29.3 Å². The van der Waals surface area contributed by atoms with E-state index in [-0.39, 0.29) is 5.91 Å². The molecule has 1 aromatic carbocycles. The molecule has 0 saturated carbocycles. The number of sulfone groups is 1. The van der Waals surface area contributed by atoms with Gasteiger partial charge in [0, 0.05) is 6.54 Å². The lowest BCUT2D eigenvalue weighted by molar-refractivity contribution is -0.118. The van der Waals surface area contributed by atoms with Crippen LogP contribution in [0, 0.1) is 0 Å². The Balaban J connectivity index is 2.42. The summed E-state index contributed by atoms with van der Waals surface area (Å²) in [6, 6.07) is 6.07. The van der Waals surface area contributed by atoms with Crippen molar-refractivity contribution in [2.75, 3.05) is 11.4 Å². The largest absolute Gasteiger partial charge is 0.311 e. The fourth-order valence-electron chi connectivity index (χ4n) is 3.01. The molecular weight excluding hydrogens is 298 g/mol. The lowest BCUT2D eigenvalue weighted by atomic mass is 9.96. The summed E-state index contributed by atoms with van der Waals surface area (Å²) < 4.78 is 24.7. The number of aryl methyl sites for hydroxylation is 2. The average Bonchev–Trinajstić information content (AvgIpc) is 2.51. The summed E-state index contributed by atoms with van der Waals surface area (Å²) in [5.41, 5.74) is 3.19. The number of rotatable bonds is 4. The van der Waals surface area contributed by atoms with Crippen molar-refractivity contribution in [2.45, 2.75) is 57.5 Å². The van der Waals surface area contributed by atoms with Crippen LogP contribution in [0.15, 0.2) is 18.2 Å². The molecule has 4 nitrogen and oxygen atoms in total. The van der Waals surface area contributed by atoms with Crippen LogP contribution in [0.4, 0.5) is 5.69 Å². The molecule has 5 heteroatoms. The molecule has 0 saturated heterocycles. The third-order valence-corrected chi connectivity index (χ3v) is 6.95. The van der Waals surface area contributed by atoms with Crippen molar-refractivity contribution >= 4 is 21.4 Å². The van der Waals surface area contributed by atoms with E-state index in [0.717, 1.165) is 36.1 Å². The Bertz CT molecular complexity index is 650. The molecule has 1 atom stereocenters. The molecule has 1 heterocycles. The summed E-state index contributed by atoms with van der Waals surface area (Å²) in [7, 11) is -3.44. The first-order valence-electron chi connectivity index (χ1n) is 7.95. The summed E-state index contributed by atoms with van der Waals surface area (Å²) in [4.78, 5) is 14.5. The second-order valence-electron chi connectivity index (χ2n) is 6.15. The molecule has 0 aromatic heterocycles. The highest BCUT2D eigenvalue weighted by atomic mass is 32.2. The predicted octanol–water partition coefficient (Wildman–Crippen LogP) is 2.74. The van der Waals surface area contributed by atoms with Gasteiger partial charge in [-0.3, -0.25) is 4.79 Å². The minimum atomic E-state index is -3.44. The highest BCUT2D eigenvalue weighted by Gasteiger charge is 2.36. The van der Waals surface area contributed by atoms with Gasteiger partial charge in [0.25, 0.3) is 0 Å². The number of nitrogens with zero attached hydrogens (tertiary/aromatic N) is 1. The molecule has 0 aliphatic carbocycles. The Morgan fingerprint density at radius 2 is 1.95 bits per heavy atom. The van der Waals surface area contributed by atoms with Gasteiger partial charge in [0.2, 0.25) is 5.91 Å². The van der Waals surface area contributed by atoms with Crippen LogP contribution in [0.5, 0.6) is 0 Å². The number of hydrogen-bond donors (Lipinski definition) is 0. The lowest BCUT2D eigenvalue weighted by Crippen LogP contribution is -2.46. The molecule has 0 N–H and O–H groups in total. The van der Waals surface area contributed by atoms with Crippen LogP contribution < -0.4 is 4.90 Å². The Morgan fingerprint density at radius 3 is 2.55 bits per heavy atom. The molecule has 1 aliphatic heterocycles. The normalized spacial score (nSPS) is 16.5. The molecule has 0 unspecified atom stereocenters. The molecule has 0 fully saturated rings. The van der Waals surface area contributed by atoms with E-state index in [1.165, 1.54) is 6.92 Å². The molecule has 1 aliphatic rings. The lowest BCUT2D eigenvalue weighted by Gasteiger charge is -2.33. The monoisotopic (exact) mass is 323 g/mol. The second-order valence-corrected chi connectivity index (χ2v) is 8.98. The SMILES string of the molecule is CCc1cccc2c1N(C(=O)[C@@H](C)S(=O)(=O)C(C)C)CCC2. The van der Waals surface area contributed by atoms with Gasteiger partial charge in [0.1, 0.15) is 5.25 Å². The minimum absolute atomic E-state index is 0.296. The van der Waals surface area contributed by atoms with E-state index < -0.39 is 20.3 Å². The van der Waals surface area contributed by atoms with Crippen molar-refractivity contribution < 1.29 is 13.2 Å². The molecule has 1 amide bonds. The van der Waals surface area contributed by atoms with Crippen molar-refractivity contribution in [2.24, 2.45) is 0 Å². The van der Waals surface area contributed by atoms with Crippen molar-refractivity contribution in [1.29, 1.82) is 0 Å². The van der Waals surface area contributed by atoms with Gasteiger partial charge in [-0.2, -0.15) is 0 Å². The number of carbonyl (C=O) groups is 1. The van der Waals surface area contributed by atoms with Crippen LogP contribution in [0.25, 0.3) is 0 Å². The van der Waals surface area contributed by atoms with E-state index in [4.69, 9.17) is 0 Å². The molecule has 2 rings (SSSR count). The van der Waals surface area contributed by atoms with E-state index >= 15 is 0 Å². The highest BCUT2D eigenvalue weighted by Crippen LogP contribution is 2.32. The fraction of sp³-hybridized carbons (Fsp3) is 0.588. The van der Waals surface area contributed by atoms with Gasteiger partial charge in [-0.15, -0.1) is 0 Å². The Hall–Kier alpha value is -1.36. The summed E-state index contributed by atoms with van der Waals surface area (Å²) >= 11 is 0. The first-order chi connectivity index (χ1) is 10.3. The van der Waals surface area contributed by atoms with Crippen LogP contribution in [-0.4, -0.2) is 31.4 Å². The number of para-hydroxylation sites is 1. The average molecular weight is 323 g/mol. The maximum atomic E-state index is 12.8. The zero-order valence-corrected chi connectivity index (χ0v) is 14.6. The Labute approximate surface area is 133 Å². The van der Waals surface area contributed by atoms with Crippen molar-refractivity contribution in [3.63, 3.8) is 0 Å². The molecule has 0 radical (unpaired) electrons. The van der Waals surface area contributed by atoms with E-state index in [1.807, 2.05) is 18.2 Å². The smallest absolute Gasteiger partial charge is 0.245 e. The number of hydrogen-bond acceptors (Lipinski definition) is 3. The first kappa shape index (κ1) is 17.0. The summed E-state index contributed by atoms with van der Waals surface area (Å²) in [5, 5.41) is -1.54. The number of carbonyl (C=O) groups excluding carboxylic acids is 1. The maximum absolute atomic E-state index is 12.8. The summed E-state index contributed by atoms with van der Waals surface area (Å²) in [5.74, 6) is -0.296. The van der Waals surface area contributed by atoms with Crippen LogP contribution in [-0.2, 0) is 27.5 Å². The maximum Gasteiger partial charge on any atom is 0.245 e. The molecule has 0 bridgehead atoms. The van der Waals surface area contributed by atoms with Crippen LogP contribution >= 0.6 is 0 Å². The van der Waals surface area contributed by atoms with E-state index in [0.29, 0.717) is 6.54 Å². The zero-order chi connectivity index (χ0) is 16.5. The van der Waals surface area contributed by atoms with Crippen molar-refractivity contribution in [1.82, 2.24) is 0 Å². The van der Waals surface area contributed by atoms with Gasteiger partial charge in [-0.1, -0.05) is 25.1 Å². The van der Waals surface area contributed by atoms with Gasteiger partial charge < -0.3 is 4.90 Å². The third kappa shape index (κ3) is 2.91. The van der Waals surface area contributed by atoms with E-state index in [1.54, 1.807) is 18.7 Å². The summed E-state index contributed by atoms with van der Waals surface area (Å²) in [6.45, 7) is 7.42. The fourth-order valence-corrected chi connectivity index (χ4v) is 4.23. The third-order valence-electron chi connectivity index (χ3n) is 4.45. The van der Waals surface area contributed by atoms with Gasteiger partial charge >= 0.3 is 0 Å². The van der Waals surface area contributed by atoms with Crippen LogP contribution in [0.2, 0.25) is 0 Å². The molecule has 0 spiro atoms.